The number of rotatable bonds is 5. The topological polar surface area (TPSA) is 15.3 Å². The number of nitrogens with zero attached hydrogens (tertiary/aromatic N) is 1. The minimum absolute atomic E-state index is 0.420. The minimum Gasteiger partial charge on any atom is -0.311 e. The molecule has 4 heteroatoms. The van der Waals surface area contributed by atoms with Gasteiger partial charge in [0, 0.05) is 37.8 Å². The van der Waals surface area contributed by atoms with Gasteiger partial charge < -0.3 is 5.32 Å². The molecule has 1 saturated heterocycles. The maximum Gasteiger partial charge on any atom is 0.126 e. The van der Waals surface area contributed by atoms with Gasteiger partial charge in [0.15, 0.2) is 0 Å². The summed E-state index contributed by atoms with van der Waals surface area (Å²) in [6.45, 7) is 9.10. The molecule has 0 aromatic heterocycles. The highest BCUT2D eigenvalue weighted by Gasteiger charge is 2.30. The van der Waals surface area contributed by atoms with Crippen molar-refractivity contribution in [2.24, 2.45) is 5.92 Å². The zero-order valence-electron chi connectivity index (χ0n) is 13.2. The smallest absolute Gasteiger partial charge is 0.126 e. The lowest BCUT2D eigenvalue weighted by Gasteiger charge is -2.43. The molecule has 1 aromatic carbocycles. The molecule has 1 heterocycles. The molecule has 1 aromatic rings. The molecule has 1 aliphatic heterocycles. The van der Waals surface area contributed by atoms with Gasteiger partial charge in [-0.1, -0.05) is 27.2 Å². The van der Waals surface area contributed by atoms with Crippen LogP contribution in [-0.4, -0.2) is 30.1 Å². The normalized spacial score (nSPS) is 25.0. The van der Waals surface area contributed by atoms with E-state index in [1.54, 1.807) is 0 Å². The molecule has 0 saturated carbocycles. The fourth-order valence-electron chi connectivity index (χ4n) is 3.12. The molecular weight excluding hydrogens is 270 g/mol. The Kier molecular flexibility index (Phi) is 5.71. The van der Waals surface area contributed by atoms with E-state index in [1.165, 1.54) is 12.1 Å². The van der Waals surface area contributed by atoms with Crippen molar-refractivity contribution in [2.45, 2.75) is 52.2 Å². The first kappa shape index (κ1) is 16.4. The van der Waals surface area contributed by atoms with Crippen molar-refractivity contribution in [2.75, 3.05) is 13.1 Å². The quantitative estimate of drug-likeness (QED) is 0.893. The lowest BCUT2D eigenvalue weighted by atomic mass is 9.93. The summed E-state index contributed by atoms with van der Waals surface area (Å²) in [5.74, 6) is -0.423. The van der Waals surface area contributed by atoms with E-state index in [9.17, 15) is 8.78 Å². The standard InChI is InChI=1S/C17H26F2N2/c1-4-12(3)17-9-20-16(5-2)11-21(17)10-13-6-14(18)8-15(19)7-13/h6-8,12,16-17,20H,4-5,9-11H2,1-3H3. The van der Waals surface area contributed by atoms with Crippen LogP contribution >= 0.6 is 0 Å². The van der Waals surface area contributed by atoms with Crippen LogP contribution < -0.4 is 5.32 Å². The van der Waals surface area contributed by atoms with Crippen molar-refractivity contribution in [3.8, 4) is 0 Å². The number of hydrogen-bond acceptors (Lipinski definition) is 2. The number of benzene rings is 1. The van der Waals surface area contributed by atoms with Gasteiger partial charge in [0.05, 0.1) is 0 Å². The molecule has 2 nitrogen and oxygen atoms in total. The molecule has 1 fully saturated rings. The monoisotopic (exact) mass is 296 g/mol. The number of halogens is 2. The van der Waals surface area contributed by atoms with Crippen LogP contribution in [-0.2, 0) is 6.54 Å². The van der Waals surface area contributed by atoms with Crippen LogP contribution in [0.15, 0.2) is 18.2 Å². The van der Waals surface area contributed by atoms with Crippen LogP contribution in [0.1, 0.15) is 39.2 Å². The van der Waals surface area contributed by atoms with Crippen molar-refractivity contribution in [3.63, 3.8) is 0 Å². The van der Waals surface area contributed by atoms with E-state index < -0.39 is 11.6 Å². The average molecular weight is 296 g/mol. The van der Waals surface area contributed by atoms with Gasteiger partial charge in [0.25, 0.3) is 0 Å². The summed E-state index contributed by atoms with van der Waals surface area (Å²) < 4.78 is 26.8. The fourth-order valence-corrected chi connectivity index (χ4v) is 3.12. The fraction of sp³-hybridized carbons (Fsp3) is 0.647. The van der Waals surface area contributed by atoms with Crippen molar-refractivity contribution in [3.05, 3.63) is 35.4 Å². The van der Waals surface area contributed by atoms with Gasteiger partial charge in [-0.15, -0.1) is 0 Å². The van der Waals surface area contributed by atoms with Gasteiger partial charge in [-0.05, 0) is 30.0 Å². The lowest BCUT2D eigenvalue weighted by Crippen LogP contribution is -2.57. The van der Waals surface area contributed by atoms with Gasteiger partial charge in [0.1, 0.15) is 11.6 Å². The molecule has 21 heavy (non-hydrogen) atoms. The first-order valence-electron chi connectivity index (χ1n) is 7.95. The maximum absolute atomic E-state index is 13.4. The van der Waals surface area contributed by atoms with E-state index in [2.05, 4.69) is 31.0 Å². The molecular formula is C17H26F2N2. The molecule has 3 unspecified atom stereocenters. The van der Waals surface area contributed by atoms with Gasteiger partial charge in [-0.3, -0.25) is 4.90 Å². The third kappa shape index (κ3) is 4.24. The molecule has 0 radical (unpaired) electrons. The molecule has 0 aliphatic carbocycles. The summed E-state index contributed by atoms with van der Waals surface area (Å²) in [7, 11) is 0. The van der Waals surface area contributed by atoms with Crippen LogP contribution in [0, 0.1) is 17.6 Å². The second-order valence-electron chi connectivity index (χ2n) is 6.17. The number of piperazine rings is 1. The highest BCUT2D eigenvalue weighted by molar-refractivity contribution is 5.18. The second kappa shape index (κ2) is 7.32. The Morgan fingerprint density at radius 2 is 1.90 bits per heavy atom. The Morgan fingerprint density at radius 1 is 1.24 bits per heavy atom. The number of nitrogens with one attached hydrogen (secondary N) is 1. The predicted octanol–water partition coefficient (Wildman–Crippen LogP) is 3.56. The summed E-state index contributed by atoms with van der Waals surface area (Å²) in [5.41, 5.74) is 0.720. The minimum atomic E-state index is -0.493. The summed E-state index contributed by atoms with van der Waals surface area (Å²) in [6, 6.07) is 4.70. The Hall–Kier alpha value is -1.00. The molecule has 2 rings (SSSR count). The molecule has 0 spiro atoms. The summed E-state index contributed by atoms with van der Waals surface area (Å²) in [6.07, 6.45) is 2.18. The zero-order valence-corrected chi connectivity index (χ0v) is 13.2. The maximum atomic E-state index is 13.4. The summed E-state index contributed by atoms with van der Waals surface area (Å²) in [5, 5.41) is 3.58. The van der Waals surface area contributed by atoms with Crippen molar-refractivity contribution in [1.29, 1.82) is 0 Å². The summed E-state index contributed by atoms with van der Waals surface area (Å²) >= 11 is 0. The van der Waals surface area contributed by atoms with E-state index in [4.69, 9.17) is 0 Å². The van der Waals surface area contributed by atoms with Crippen LogP contribution in [0.5, 0.6) is 0 Å². The van der Waals surface area contributed by atoms with E-state index in [-0.39, 0.29) is 0 Å². The number of hydrogen-bond donors (Lipinski definition) is 1. The van der Waals surface area contributed by atoms with E-state index in [0.717, 1.165) is 37.6 Å². The lowest BCUT2D eigenvalue weighted by molar-refractivity contribution is 0.0831. The average Bonchev–Trinajstić information content (AvgIpc) is 2.45. The first-order chi connectivity index (χ1) is 10.0. The third-order valence-corrected chi connectivity index (χ3v) is 4.64. The van der Waals surface area contributed by atoms with Gasteiger partial charge in [-0.25, -0.2) is 8.78 Å². The van der Waals surface area contributed by atoms with E-state index >= 15 is 0 Å². The van der Waals surface area contributed by atoms with Crippen molar-refractivity contribution >= 4 is 0 Å². The highest BCUT2D eigenvalue weighted by atomic mass is 19.1. The van der Waals surface area contributed by atoms with Crippen LogP contribution in [0.2, 0.25) is 0 Å². The first-order valence-corrected chi connectivity index (χ1v) is 7.95. The van der Waals surface area contributed by atoms with Crippen molar-refractivity contribution in [1.82, 2.24) is 10.2 Å². The van der Waals surface area contributed by atoms with Crippen LogP contribution in [0.4, 0.5) is 8.78 Å². The molecule has 1 aliphatic rings. The van der Waals surface area contributed by atoms with E-state index in [1.807, 2.05) is 0 Å². The second-order valence-corrected chi connectivity index (χ2v) is 6.17. The SMILES string of the molecule is CCC1CN(Cc2cc(F)cc(F)c2)C(C(C)CC)CN1. The highest BCUT2D eigenvalue weighted by Crippen LogP contribution is 2.22. The molecule has 0 amide bonds. The predicted molar refractivity (Wildman–Crippen MR) is 82.1 cm³/mol. The van der Waals surface area contributed by atoms with Gasteiger partial charge in [-0.2, -0.15) is 0 Å². The molecule has 1 N–H and O–H groups in total. The Labute approximate surface area is 126 Å². The molecule has 0 bridgehead atoms. The van der Waals surface area contributed by atoms with Gasteiger partial charge >= 0.3 is 0 Å². The van der Waals surface area contributed by atoms with Crippen LogP contribution in [0.3, 0.4) is 0 Å². The molecule has 118 valence electrons. The largest absolute Gasteiger partial charge is 0.311 e. The Balaban J connectivity index is 2.14. The Bertz CT molecular complexity index is 444. The van der Waals surface area contributed by atoms with E-state index in [0.29, 0.717) is 24.5 Å². The van der Waals surface area contributed by atoms with Crippen molar-refractivity contribution < 1.29 is 8.78 Å². The zero-order chi connectivity index (χ0) is 15.4. The van der Waals surface area contributed by atoms with Gasteiger partial charge in [0.2, 0.25) is 0 Å². The third-order valence-electron chi connectivity index (χ3n) is 4.64. The Morgan fingerprint density at radius 3 is 2.48 bits per heavy atom. The molecule has 3 atom stereocenters. The summed E-state index contributed by atoms with van der Waals surface area (Å²) in [4.78, 5) is 2.38. The van der Waals surface area contributed by atoms with Crippen LogP contribution in [0.25, 0.3) is 0 Å².